The number of piperidine rings is 1. The summed E-state index contributed by atoms with van der Waals surface area (Å²) in [7, 11) is 0. The second-order valence-electron chi connectivity index (χ2n) is 6.79. The van der Waals surface area contributed by atoms with Gasteiger partial charge < -0.3 is 14.7 Å². The van der Waals surface area contributed by atoms with E-state index in [-0.39, 0.29) is 5.91 Å². The number of carbonyl (C=O) groups excluding carboxylic acids is 1. The number of hydrogen-bond donors (Lipinski definition) is 1. The van der Waals surface area contributed by atoms with Crippen LogP contribution in [0.2, 0.25) is 0 Å². The van der Waals surface area contributed by atoms with Gasteiger partial charge in [-0.25, -0.2) is 0 Å². The summed E-state index contributed by atoms with van der Waals surface area (Å²) in [4.78, 5) is 14.6. The molecule has 0 atom stereocenters. The van der Waals surface area contributed by atoms with Crippen molar-refractivity contribution in [2.24, 2.45) is 0 Å². The first-order valence-electron chi connectivity index (χ1n) is 9.44. The molecular formula is C22H27NO3. The highest BCUT2D eigenvalue weighted by Crippen LogP contribution is 2.29. The van der Waals surface area contributed by atoms with Crippen molar-refractivity contribution in [2.75, 3.05) is 19.7 Å². The molecule has 0 spiro atoms. The first kappa shape index (κ1) is 18.3. The Bertz CT molecular complexity index is 718. The number of rotatable bonds is 6. The lowest BCUT2D eigenvalue weighted by Crippen LogP contribution is -2.38. The molecule has 1 aliphatic rings. The third-order valence-corrected chi connectivity index (χ3v) is 5.09. The number of likely N-dealkylation sites (tertiary alicyclic amines) is 1. The van der Waals surface area contributed by atoms with Gasteiger partial charge in [0.15, 0.2) is 0 Å². The summed E-state index contributed by atoms with van der Waals surface area (Å²) in [6, 6.07) is 15.4. The standard InChI is InChI=1S/C22H27NO3/c1-2-26-21-6-4-3-5-19(21)9-12-22(25)23-15-13-18(14-16-23)17-7-10-20(24)11-8-17/h3-8,10-11,18,24H,2,9,12-16H2,1H3. The summed E-state index contributed by atoms with van der Waals surface area (Å²) in [5.74, 6) is 1.88. The Kier molecular flexibility index (Phi) is 6.16. The molecule has 1 fully saturated rings. The molecule has 138 valence electrons. The van der Waals surface area contributed by atoms with E-state index in [1.807, 2.05) is 48.2 Å². The molecule has 0 saturated carbocycles. The van der Waals surface area contributed by atoms with Crippen LogP contribution in [-0.2, 0) is 11.2 Å². The van der Waals surface area contributed by atoms with Gasteiger partial charge in [0.1, 0.15) is 11.5 Å². The molecule has 26 heavy (non-hydrogen) atoms. The van der Waals surface area contributed by atoms with Crippen LogP contribution in [0.15, 0.2) is 48.5 Å². The van der Waals surface area contributed by atoms with Gasteiger partial charge in [0.25, 0.3) is 0 Å². The fraction of sp³-hybridized carbons (Fsp3) is 0.409. The third-order valence-electron chi connectivity index (χ3n) is 5.09. The summed E-state index contributed by atoms with van der Waals surface area (Å²) < 4.78 is 5.64. The van der Waals surface area contributed by atoms with Crippen LogP contribution in [0, 0.1) is 0 Å². The molecule has 4 nitrogen and oxygen atoms in total. The number of hydrogen-bond acceptors (Lipinski definition) is 3. The van der Waals surface area contributed by atoms with Crippen LogP contribution in [0.5, 0.6) is 11.5 Å². The molecular weight excluding hydrogens is 326 g/mol. The number of phenolic OH excluding ortho intramolecular Hbond substituents is 1. The molecule has 1 heterocycles. The number of aromatic hydroxyl groups is 1. The maximum Gasteiger partial charge on any atom is 0.222 e. The van der Waals surface area contributed by atoms with Gasteiger partial charge in [-0.1, -0.05) is 30.3 Å². The van der Waals surface area contributed by atoms with Gasteiger partial charge in [-0.15, -0.1) is 0 Å². The average Bonchev–Trinajstić information content (AvgIpc) is 2.68. The second-order valence-corrected chi connectivity index (χ2v) is 6.79. The molecule has 0 radical (unpaired) electrons. The summed E-state index contributed by atoms with van der Waals surface area (Å²) in [6.07, 6.45) is 3.19. The van der Waals surface area contributed by atoms with Crippen LogP contribution in [0.3, 0.4) is 0 Å². The van der Waals surface area contributed by atoms with Crippen LogP contribution in [0.4, 0.5) is 0 Å². The van der Waals surface area contributed by atoms with Gasteiger partial charge >= 0.3 is 0 Å². The normalized spacial score (nSPS) is 15.0. The Morgan fingerprint density at radius 1 is 1.12 bits per heavy atom. The fourth-order valence-electron chi connectivity index (χ4n) is 3.62. The van der Waals surface area contributed by atoms with E-state index in [0.717, 1.165) is 37.2 Å². The zero-order chi connectivity index (χ0) is 18.4. The Morgan fingerprint density at radius 2 is 1.81 bits per heavy atom. The van der Waals surface area contributed by atoms with E-state index in [1.165, 1.54) is 5.56 Å². The molecule has 2 aromatic rings. The number of phenols is 1. The number of aryl methyl sites for hydroxylation is 1. The lowest BCUT2D eigenvalue weighted by molar-refractivity contribution is -0.132. The number of amides is 1. The molecule has 1 N–H and O–H groups in total. The predicted molar refractivity (Wildman–Crippen MR) is 103 cm³/mol. The monoisotopic (exact) mass is 353 g/mol. The molecule has 3 rings (SSSR count). The molecule has 4 heteroatoms. The van der Waals surface area contributed by atoms with Gasteiger partial charge in [0.2, 0.25) is 5.91 Å². The number of ether oxygens (including phenoxy) is 1. The fourth-order valence-corrected chi connectivity index (χ4v) is 3.62. The predicted octanol–water partition coefficient (Wildman–Crippen LogP) is 4.13. The van der Waals surface area contributed by atoms with Crippen molar-refractivity contribution in [1.82, 2.24) is 4.90 Å². The van der Waals surface area contributed by atoms with Gasteiger partial charge in [-0.3, -0.25) is 4.79 Å². The molecule has 1 saturated heterocycles. The molecule has 2 aromatic carbocycles. The zero-order valence-corrected chi connectivity index (χ0v) is 15.4. The first-order valence-corrected chi connectivity index (χ1v) is 9.44. The average molecular weight is 353 g/mol. The second kappa shape index (κ2) is 8.75. The lowest BCUT2D eigenvalue weighted by Gasteiger charge is -2.32. The topological polar surface area (TPSA) is 49.8 Å². The van der Waals surface area contributed by atoms with Crippen molar-refractivity contribution in [3.05, 3.63) is 59.7 Å². The first-order chi connectivity index (χ1) is 12.7. The van der Waals surface area contributed by atoms with Crippen molar-refractivity contribution in [3.8, 4) is 11.5 Å². The van der Waals surface area contributed by atoms with E-state index >= 15 is 0 Å². The molecule has 0 aliphatic carbocycles. The summed E-state index contributed by atoms with van der Waals surface area (Å²) in [5, 5.41) is 9.41. The van der Waals surface area contributed by atoms with Crippen LogP contribution < -0.4 is 4.74 Å². The molecule has 1 amide bonds. The van der Waals surface area contributed by atoms with E-state index in [2.05, 4.69) is 0 Å². The Balaban J connectivity index is 1.50. The number of para-hydroxylation sites is 1. The van der Waals surface area contributed by atoms with Crippen molar-refractivity contribution < 1.29 is 14.6 Å². The zero-order valence-electron chi connectivity index (χ0n) is 15.4. The summed E-state index contributed by atoms with van der Waals surface area (Å²) >= 11 is 0. The SMILES string of the molecule is CCOc1ccccc1CCC(=O)N1CCC(c2ccc(O)cc2)CC1. The van der Waals surface area contributed by atoms with Crippen LogP contribution >= 0.6 is 0 Å². The van der Waals surface area contributed by atoms with Gasteiger partial charge in [-0.05, 0) is 61.4 Å². The summed E-state index contributed by atoms with van der Waals surface area (Å²) in [6.45, 7) is 4.21. The van der Waals surface area contributed by atoms with Crippen LogP contribution in [-0.4, -0.2) is 35.6 Å². The highest BCUT2D eigenvalue weighted by molar-refractivity contribution is 5.76. The van der Waals surface area contributed by atoms with Crippen molar-refractivity contribution in [2.45, 2.75) is 38.5 Å². The van der Waals surface area contributed by atoms with Crippen LogP contribution in [0.25, 0.3) is 0 Å². The molecule has 0 bridgehead atoms. The van der Waals surface area contributed by atoms with E-state index in [0.29, 0.717) is 31.1 Å². The third kappa shape index (κ3) is 4.57. The minimum atomic E-state index is 0.223. The van der Waals surface area contributed by atoms with Crippen molar-refractivity contribution in [3.63, 3.8) is 0 Å². The Hall–Kier alpha value is -2.49. The minimum absolute atomic E-state index is 0.223. The van der Waals surface area contributed by atoms with E-state index in [1.54, 1.807) is 12.1 Å². The van der Waals surface area contributed by atoms with Gasteiger partial charge in [0, 0.05) is 19.5 Å². The Morgan fingerprint density at radius 3 is 2.50 bits per heavy atom. The molecule has 0 aromatic heterocycles. The van der Waals surface area contributed by atoms with E-state index in [9.17, 15) is 9.90 Å². The van der Waals surface area contributed by atoms with E-state index < -0.39 is 0 Å². The van der Waals surface area contributed by atoms with Crippen molar-refractivity contribution >= 4 is 5.91 Å². The highest BCUT2D eigenvalue weighted by Gasteiger charge is 2.23. The lowest BCUT2D eigenvalue weighted by atomic mass is 9.89. The maximum absolute atomic E-state index is 12.6. The van der Waals surface area contributed by atoms with Gasteiger partial charge in [-0.2, -0.15) is 0 Å². The largest absolute Gasteiger partial charge is 0.508 e. The van der Waals surface area contributed by atoms with Crippen LogP contribution in [0.1, 0.15) is 43.2 Å². The highest BCUT2D eigenvalue weighted by atomic mass is 16.5. The number of benzene rings is 2. The number of carbonyl (C=O) groups is 1. The molecule has 0 unspecified atom stereocenters. The summed E-state index contributed by atoms with van der Waals surface area (Å²) in [5.41, 5.74) is 2.35. The van der Waals surface area contributed by atoms with Crippen molar-refractivity contribution in [1.29, 1.82) is 0 Å². The maximum atomic E-state index is 12.6. The number of nitrogens with zero attached hydrogens (tertiary/aromatic N) is 1. The molecule has 1 aliphatic heterocycles. The minimum Gasteiger partial charge on any atom is -0.508 e. The van der Waals surface area contributed by atoms with Gasteiger partial charge in [0.05, 0.1) is 6.61 Å². The smallest absolute Gasteiger partial charge is 0.222 e. The Labute approximate surface area is 155 Å². The quantitative estimate of drug-likeness (QED) is 0.849. The van der Waals surface area contributed by atoms with E-state index in [4.69, 9.17) is 4.74 Å².